The Kier molecular flexibility index (Phi) is 5.00. The van der Waals surface area contributed by atoms with Gasteiger partial charge in [0.05, 0.1) is 5.97 Å². The fraction of sp³-hybridized carbons (Fsp3) is 0.0526. The van der Waals surface area contributed by atoms with Crippen LogP contribution in [0.25, 0.3) is 11.8 Å². The molecule has 3 rings (SSSR count). The molecule has 0 radical (unpaired) electrons. The molecule has 27 heavy (non-hydrogen) atoms. The average molecular weight is 380 g/mol. The maximum absolute atomic E-state index is 12.6. The van der Waals surface area contributed by atoms with Gasteiger partial charge in [0.15, 0.2) is 5.11 Å². The van der Waals surface area contributed by atoms with Crippen LogP contribution in [-0.2, 0) is 9.59 Å². The fourth-order valence-electron chi connectivity index (χ4n) is 2.67. The van der Waals surface area contributed by atoms with Crippen LogP contribution in [0.1, 0.15) is 16.1 Å². The molecular weight excluding hydrogens is 366 g/mol. The van der Waals surface area contributed by atoms with Crippen molar-refractivity contribution in [2.75, 3.05) is 6.54 Å². The Morgan fingerprint density at radius 1 is 1.26 bits per heavy atom. The summed E-state index contributed by atoms with van der Waals surface area (Å²) in [7, 11) is 0. The normalized spacial score (nSPS) is 15.8. The zero-order valence-corrected chi connectivity index (χ0v) is 14.9. The number of carboxylic acid groups (broad SMARTS) is 1. The zero-order chi connectivity index (χ0) is 19.6. The van der Waals surface area contributed by atoms with Gasteiger partial charge in [0.1, 0.15) is 5.57 Å². The fourth-order valence-corrected chi connectivity index (χ4v) is 2.92. The van der Waals surface area contributed by atoms with Crippen molar-refractivity contribution in [1.29, 1.82) is 0 Å². The van der Waals surface area contributed by atoms with Crippen LogP contribution < -0.4 is 10.4 Å². The number of benzene rings is 1. The van der Waals surface area contributed by atoms with E-state index in [0.717, 1.165) is 0 Å². The van der Waals surface area contributed by atoms with Crippen LogP contribution in [0.5, 0.6) is 0 Å². The molecule has 1 fully saturated rings. The Morgan fingerprint density at radius 2 is 2.04 bits per heavy atom. The van der Waals surface area contributed by atoms with Gasteiger partial charge in [-0.1, -0.05) is 18.2 Å². The Morgan fingerprint density at radius 3 is 2.74 bits per heavy atom. The number of hydrogen-bond acceptors (Lipinski definition) is 5. The average Bonchev–Trinajstić information content (AvgIpc) is 3.10. The van der Waals surface area contributed by atoms with Crippen LogP contribution in [0, 0.1) is 0 Å². The summed E-state index contributed by atoms with van der Waals surface area (Å²) < 4.78 is 1.66. The van der Waals surface area contributed by atoms with E-state index in [4.69, 9.17) is 12.2 Å². The lowest BCUT2D eigenvalue weighted by atomic mass is 10.1. The van der Waals surface area contributed by atoms with Gasteiger partial charge in [-0.25, -0.2) is 0 Å². The Hall–Kier alpha value is -3.52. The molecule has 1 aromatic heterocycles. The second kappa shape index (κ2) is 7.38. The van der Waals surface area contributed by atoms with E-state index in [-0.39, 0.29) is 22.8 Å². The van der Waals surface area contributed by atoms with Crippen molar-refractivity contribution in [1.82, 2.24) is 14.8 Å². The minimum Gasteiger partial charge on any atom is -0.545 e. The highest BCUT2D eigenvalue weighted by atomic mass is 32.1. The van der Waals surface area contributed by atoms with Crippen molar-refractivity contribution >= 4 is 41.2 Å². The largest absolute Gasteiger partial charge is 0.545 e. The Labute approximate surface area is 160 Å². The lowest BCUT2D eigenvalue weighted by Gasteiger charge is -2.27. The minimum absolute atomic E-state index is 0.0220. The van der Waals surface area contributed by atoms with Crippen LogP contribution in [0.2, 0.25) is 0 Å². The zero-order valence-electron chi connectivity index (χ0n) is 14.0. The number of thiocarbonyl (C=S) groups is 1. The predicted molar refractivity (Wildman–Crippen MR) is 101 cm³/mol. The number of rotatable bonds is 5. The quantitative estimate of drug-likeness (QED) is 0.356. The molecule has 0 bridgehead atoms. The molecule has 136 valence electrons. The van der Waals surface area contributed by atoms with Crippen LogP contribution in [0.4, 0.5) is 0 Å². The molecule has 0 aliphatic carbocycles. The summed E-state index contributed by atoms with van der Waals surface area (Å²) in [5.41, 5.74) is 1.02. The molecule has 2 heterocycles. The van der Waals surface area contributed by atoms with Crippen LogP contribution >= 0.6 is 12.2 Å². The van der Waals surface area contributed by atoms with Gasteiger partial charge in [0, 0.05) is 24.1 Å². The molecule has 1 aliphatic rings. The first-order valence-corrected chi connectivity index (χ1v) is 8.32. The first kappa shape index (κ1) is 18.3. The van der Waals surface area contributed by atoms with Gasteiger partial charge >= 0.3 is 0 Å². The lowest BCUT2D eigenvalue weighted by molar-refractivity contribution is -0.255. The third kappa shape index (κ3) is 3.56. The molecule has 1 N–H and O–H groups in total. The van der Waals surface area contributed by atoms with Gasteiger partial charge in [0.25, 0.3) is 11.8 Å². The number of hydrogen-bond donors (Lipinski definition) is 1. The minimum atomic E-state index is -1.29. The molecule has 0 atom stereocenters. The highest BCUT2D eigenvalue weighted by molar-refractivity contribution is 7.80. The van der Waals surface area contributed by atoms with Gasteiger partial charge in [-0.2, -0.15) is 0 Å². The van der Waals surface area contributed by atoms with Gasteiger partial charge < -0.3 is 14.5 Å². The highest BCUT2D eigenvalue weighted by Crippen LogP contribution is 2.19. The number of nitrogens with zero attached hydrogens (tertiary/aromatic N) is 2. The topological polar surface area (TPSA) is 94.5 Å². The second-order valence-corrected chi connectivity index (χ2v) is 6.05. The van der Waals surface area contributed by atoms with Crippen molar-refractivity contribution in [3.05, 3.63) is 72.1 Å². The van der Waals surface area contributed by atoms with E-state index in [2.05, 4.69) is 11.9 Å². The molecule has 0 unspecified atom stereocenters. The number of aromatic carboxylic acids is 1. The maximum Gasteiger partial charge on any atom is 0.266 e. The number of carbonyl (C=O) groups excluding carboxylic acids is 3. The summed E-state index contributed by atoms with van der Waals surface area (Å²) in [5, 5.41) is 13.6. The highest BCUT2D eigenvalue weighted by Gasteiger charge is 2.32. The van der Waals surface area contributed by atoms with E-state index in [9.17, 15) is 19.5 Å². The van der Waals surface area contributed by atoms with Crippen LogP contribution in [0.3, 0.4) is 0 Å². The van der Waals surface area contributed by atoms with Gasteiger partial charge in [-0.3, -0.25) is 19.8 Å². The maximum atomic E-state index is 12.6. The molecule has 0 spiro atoms. The van der Waals surface area contributed by atoms with Crippen molar-refractivity contribution in [2.45, 2.75) is 0 Å². The smallest absolute Gasteiger partial charge is 0.266 e. The van der Waals surface area contributed by atoms with E-state index in [1.165, 1.54) is 29.2 Å². The summed E-state index contributed by atoms with van der Waals surface area (Å²) >= 11 is 5.02. The van der Waals surface area contributed by atoms with Crippen molar-refractivity contribution in [3.8, 4) is 5.69 Å². The molecule has 1 aromatic carbocycles. The van der Waals surface area contributed by atoms with Crippen molar-refractivity contribution in [2.24, 2.45) is 0 Å². The standard InChI is InChI=1S/C19H15N3O4S/c1-2-8-22-17(24)15(16(23)20-19(22)27)11-14-7-4-9-21(14)13-6-3-5-12(10-13)18(25)26/h2-7,9-11H,1,8H2,(H,25,26)(H,20,23,27)/p-1/b15-11-. The third-order valence-corrected chi connectivity index (χ3v) is 4.25. The number of amides is 2. The van der Waals surface area contributed by atoms with Crippen LogP contribution in [-0.4, -0.2) is 38.9 Å². The van der Waals surface area contributed by atoms with E-state index in [1.54, 1.807) is 35.0 Å². The summed E-state index contributed by atoms with van der Waals surface area (Å²) in [5.74, 6) is -2.42. The molecule has 1 aliphatic heterocycles. The van der Waals surface area contributed by atoms with Crippen LogP contribution in [0.15, 0.2) is 60.8 Å². The number of aromatic nitrogens is 1. The monoisotopic (exact) mass is 380 g/mol. The van der Waals surface area contributed by atoms with Gasteiger partial charge in [-0.15, -0.1) is 6.58 Å². The summed E-state index contributed by atoms with van der Waals surface area (Å²) in [4.78, 5) is 37.2. The van der Waals surface area contributed by atoms with Gasteiger partial charge in [0.2, 0.25) is 0 Å². The number of carboxylic acids is 1. The molecule has 2 aromatic rings. The van der Waals surface area contributed by atoms with E-state index in [0.29, 0.717) is 11.4 Å². The number of carbonyl (C=O) groups is 3. The summed E-state index contributed by atoms with van der Waals surface area (Å²) in [6.07, 6.45) is 4.63. The molecule has 1 saturated heterocycles. The Balaban J connectivity index is 2.02. The molecule has 8 heteroatoms. The van der Waals surface area contributed by atoms with Crippen molar-refractivity contribution < 1.29 is 19.5 Å². The number of nitrogens with one attached hydrogen (secondary N) is 1. The van der Waals surface area contributed by atoms with E-state index in [1.807, 2.05) is 0 Å². The lowest BCUT2D eigenvalue weighted by Crippen LogP contribution is -2.53. The molecule has 2 amide bonds. The SMILES string of the molecule is C=CCN1C(=O)/C(=C\c2cccn2-c2cccc(C(=O)[O-])c2)C(=O)NC1=S. The second-order valence-electron chi connectivity index (χ2n) is 5.66. The molecular formula is C19H14N3O4S-. The summed E-state index contributed by atoms with van der Waals surface area (Å²) in [6.45, 7) is 3.75. The first-order chi connectivity index (χ1) is 12.9. The predicted octanol–water partition coefficient (Wildman–Crippen LogP) is 0.653. The molecule has 0 saturated carbocycles. The van der Waals surface area contributed by atoms with Crippen molar-refractivity contribution in [3.63, 3.8) is 0 Å². The first-order valence-electron chi connectivity index (χ1n) is 7.91. The molecule has 7 nitrogen and oxygen atoms in total. The summed E-state index contributed by atoms with van der Waals surface area (Å²) in [6, 6.07) is 9.57. The van der Waals surface area contributed by atoms with E-state index < -0.39 is 17.8 Å². The third-order valence-electron chi connectivity index (χ3n) is 3.93. The Bertz CT molecular complexity index is 1010. The van der Waals surface area contributed by atoms with Gasteiger partial charge in [-0.05, 0) is 48.1 Å². The van der Waals surface area contributed by atoms with E-state index >= 15 is 0 Å².